The number of aromatic nitrogens is 2. The summed E-state index contributed by atoms with van der Waals surface area (Å²) in [6.07, 6.45) is 0. The molecule has 4 nitrogen and oxygen atoms in total. The SMILES string of the molecule is CC(C)(C)c1noc([C@H]2CSCN2)n1. The van der Waals surface area contributed by atoms with E-state index >= 15 is 0 Å². The Morgan fingerprint density at radius 3 is 2.79 bits per heavy atom. The van der Waals surface area contributed by atoms with Gasteiger partial charge in [0.2, 0.25) is 5.89 Å². The minimum absolute atomic E-state index is 0.0342. The van der Waals surface area contributed by atoms with Gasteiger partial charge < -0.3 is 4.52 Å². The lowest BCUT2D eigenvalue weighted by atomic mass is 9.96. The maximum atomic E-state index is 5.24. The first-order valence-corrected chi connectivity index (χ1v) is 5.88. The average Bonchev–Trinajstić information content (AvgIpc) is 2.73. The van der Waals surface area contributed by atoms with Gasteiger partial charge in [0.15, 0.2) is 5.82 Å². The summed E-state index contributed by atoms with van der Waals surface area (Å²) in [5.41, 5.74) is -0.0342. The van der Waals surface area contributed by atoms with Crippen molar-refractivity contribution in [2.24, 2.45) is 0 Å². The molecule has 1 aliphatic heterocycles. The molecule has 1 aliphatic rings. The van der Waals surface area contributed by atoms with Crippen LogP contribution in [0.15, 0.2) is 4.52 Å². The van der Waals surface area contributed by atoms with Crippen molar-refractivity contribution in [1.29, 1.82) is 0 Å². The molecule has 1 fully saturated rings. The van der Waals surface area contributed by atoms with Gasteiger partial charge in [-0.15, -0.1) is 11.8 Å². The molecule has 0 aromatic carbocycles. The fraction of sp³-hybridized carbons (Fsp3) is 0.778. The second-order valence-electron chi connectivity index (χ2n) is 4.48. The first-order valence-electron chi connectivity index (χ1n) is 4.72. The highest BCUT2D eigenvalue weighted by atomic mass is 32.2. The maximum absolute atomic E-state index is 5.24. The van der Waals surface area contributed by atoms with Gasteiger partial charge in [-0.3, -0.25) is 5.32 Å². The minimum atomic E-state index is -0.0342. The van der Waals surface area contributed by atoms with Gasteiger partial charge in [-0.25, -0.2) is 0 Å². The van der Waals surface area contributed by atoms with E-state index < -0.39 is 0 Å². The van der Waals surface area contributed by atoms with E-state index in [-0.39, 0.29) is 11.5 Å². The largest absolute Gasteiger partial charge is 0.338 e. The third-order valence-corrected chi connectivity index (χ3v) is 3.07. The molecule has 1 aromatic heterocycles. The number of nitrogens with one attached hydrogen (secondary N) is 1. The molecule has 78 valence electrons. The molecule has 0 unspecified atom stereocenters. The van der Waals surface area contributed by atoms with Crippen LogP contribution in [0.5, 0.6) is 0 Å². The smallest absolute Gasteiger partial charge is 0.244 e. The molecule has 1 saturated heterocycles. The van der Waals surface area contributed by atoms with Crippen LogP contribution in [0.25, 0.3) is 0 Å². The second-order valence-corrected chi connectivity index (χ2v) is 5.51. The molecule has 1 atom stereocenters. The van der Waals surface area contributed by atoms with Crippen molar-refractivity contribution in [1.82, 2.24) is 15.5 Å². The fourth-order valence-electron chi connectivity index (χ4n) is 1.24. The van der Waals surface area contributed by atoms with E-state index in [1.54, 1.807) is 0 Å². The number of rotatable bonds is 1. The zero-order valence-electron chi connectivity index (χ0n) is 8.70. The Morgan fingerprint density at radius 2 is 2.29 bits per heavy atom. The molecule has 0 radical (unpaired) electrons. The monoisotopic (exact) mass is 213 g/mol. The zero-order chi connectivity index (χ0) is 10.2. The molecule has 0 aliphatic carbocycles. The first kappa shape index (κ1) is 9.98. The lowest BCUT2D eigenvalue weighted by Crippen LogP contribution is -2.16. The van der Waals surface area contributed by atoms with Gasteiger partial charge >= 0.3 is 0 Å². The van der Waals surface area contributed by atoms with E-state index in [9.17, 15) is 0 Å². The standard InChI is InChI=1S/C9H15N3OS/c1-9(2,3)8-11-7(13-12-8)6-4-14-5-10-6/h6,10H,4-5H2,1-3H3/t6-/m1/s1. The number of thioether (sulfide) groups is 1. The lowest BCUT2D eigenvalue weighted by molar-refractivity contribution is 0.340. The van der Waals surface area contributed by atoms with Crippen molar-refractivity contribution >= 4 is 11.8 Å². The van der Waals surface area contributed by atoms with Gasteiger partial charge in [-0.2, -0.15) is 4.98 Å². The van der Waals surface area contributed by atoms with Gasteiger partial charge in [-0.1, -0.05) is 25.9 Å². The topological polar surface area (TPSA) is 51.0 Å². The van der Waals surface area contributed by atoms with Gasteiger partial charge in [0.1, 0.15) is 0 Å². The Hall–Kier alpha value is -0.550. The summed E-state index contributed by atoms with van der Waals surface area (Å²) in [7, 11) is 0. The van der Waals surface area contributed by atoms with Gasteiger partial charge in [0.25, 0.3) is 0 Å². The Morgan fingerprint density at radius 1 is 1.50 bits per heavy atom. The Kier molecular flexibility index (Phi) is 2.53. The van der Waals surface area contributed by atoms with E-state index in [1.165, 1.54) is 0 Å². The number of hydrogen-bond donors (Lipinski definition) is 1. The van der Waals surface area contributed by atoms with Crippen LogP contribution >= 0.6 is 11.8 Å². The van der Waals surface area contributed by atoms with E-state index in [4.69, 9.17) is 4.52 Å². The fourth-order valence-corrected chi connectivity index (χ4v) is 2.17. The van der Waals surface area contributed by atoms with Crippen LogP contribution in [-0.4, -0.2) is 21.8 Å². The summed E-state index contributed by atoms with van der Waals surface area (Å²) in [5.74, 6) is 3.50. The van der Waals surface area contributed by atoms with Crippen LogP contribution in [0.3, 0.4) is 0 Å². The molecular weight excluding hydrogens is 198 g/mol. The molecule has 2 rings (SSSR count). The first-order chi connectivity index (χ1) is 6.57. The van der Waals surface area contributed by atoms with E-state index in [2.05, 4.69) is 36.2 Å². The third-order valence-electron chi connectivity index (χ3n) is 2.13. The lowest BCUT2D eigenvalue weighted by Gasteiger charge is -2.11. The summed E-state index contributed by atoms with van der Waals surface area (Å²) in [6, 6.07) is 0.239. The Bertz CT molecular complexity index is 312. The summed E-state index contributed by atoms with van der Waals surface area (Å²) < 4.78 is 5.24. The van der Waals surface area contributed by atoms with Crippen LogP contribution in [0, 0.1) is 0 Å². The van der Waals surface area contributed by atoms with Crippen LogP contribution in [0.2, 0.25) is 0 Å². The molecule has 1 aromatic rings. The van der Waals surface area contributed by atoms with E-state index in [1.807, 2.05) is 11.8 Å². The highest BCUT2D eigenvalue weighted by Gasteiger charge is 2.26. The van der Waals surface area contributed by atoms with Crippen molar-refractivity contribution in [3.05, 3.63) is 11.7 Å². The van der Waals surface area contributed by atoms with Crippen LogP contribution in [0.1, 0.15) is 38.5 Å². The molecule has 2 heterocycles. The van der Waals surface area contributed by atoms with Gasteiger partial charge in [0, 0.05) is 17.0 Å². The Balaban J connectivity index is 2.17. The van der Waals surface area contributed by atoms with Gasteiger partial charge in [-0.05, 0) is 0 Å². The van der Waals surface area contributed by atoms with Crippen LogP contribution in [0.4, 0.5) is 0 Å². The zero-order valence-corrected chi connectivity index (χ0v) is 9.52. The molecule has 0 spiro atoms. The molecule has 5 heteroatoms. The predicted octanol–water partition coefficient (Wildman–Crippen LogP) is 1.70. The molecule has 0 amide bonds. The van der Waals surface area contributed by atoms with E-state index in [0.717, 1.165) is 23.3 Å². The average molecular weight is 213 g/mol. The van der Waals surface area contributed by atoms with Crippen molar-refractivity contribution in [2.45, 2.75) is 32.2 Å². The van der Waals surface area contributed by atoms with Crippen molar-refractivity contribution in [2.75, 3.05) is 11.6 Å². The van der Waals surface area contributed by atoms with E-state index in [0.29, 0.717) is 0 Å². The molecule has 0 bridgehead atoms. The predicted molar refractivity (Wildman–Crippen MR) is 56.2 cm³/mol. The van der Waals surface area contributed by atoms with Crippen LogP contribution < -0.4 is 5.32 Å². The highest BCUT2D eigenvalue weighted by Crippen LogP contribution is 2.25. The van der Waals surface area contributed by atoms with Crippen LogP contribution in [-0.2, 0) is 5.41 Å². The van der Waals surface area contributed by atoms with Crippen molar-refractivity contribution < 1.29 is 4.52 Å². The summed E-state index contributed by atoms with van der Waals surface area (Å²) >= 11 is 1.85. The third kappa shape index (κ3) is 1.93. The number of nitrogens with zero attached hydrogens (tertiary/aromatic N) is 2. The minimum Gasteiger partial charge on any atom is -0.338 e. The van der Waals surface area contributed by atoms with Gasteiger partial charge in [0.05, 0.1) is 6.04 Å². The van der Waals surface area contributed by atoms with Crippen molar-refractivity contribution in [3.63, 3.8) is 0 Å². The van der Waals surface area contributed by atoms with Crippen molar-refractivity contribution in [3.8, 4) is 0 Å². The molecular formula is C9H15N3OS. The molecule has 0 saturated carbocycles. The summed E-state index contributed by atoms with van der Waals surface area (Å²) in [4.78, 5) is 4.41. The quantitative estimate of drug-likeness (QED) is 0.769. The second kappa shape index (κ2) is 3.55. The maximum Gasteiger partial charge on any atom is 0.244 e. The Labute approximate surface area is 87.8 Å². The molecule has 14 heavy (non-hydrogen) atoms. The molecule has 1 N–H and O–H groups in total. The normalized spacial score (nSPS) is 22.9. The highest BCUT2D eigenvalue weighted by molar-refractivity contribution is 7.99. The summed E-state index contributed by atoms with van der Waals surface area (Å²) in [6.45, 7) is 6.25. The summed E-state index contributed by atoms with van der Waals surface area (Å²) in [5, 5.41) is 7.30. The number of hydrogen-bond acceptors (Lipinski definition) is 5.